The van der Waals surface area contributed by atoms with Gasteiger partial charge in [-0.1, -0.05) is 75.7 Å². The van der Waals surface area contributed by atoms with Crippen molar-refractivity contribution in [3.05, 3.63) is 64.1 Å². The number of carboxylic acids is 1. The molecule has 16 heteroatoms. The van der Waals surface area contributed by atoms with Crippen LogP contribution in [0.4, 0.5) is 0 Å². The number of aryl methyl sites for hydroxylation is 1. The average molecular weight is 828 g/mol. The number of methoxy groups -OCH3 is 1. The van der Waals surface area contributed by atoms with E-state index in [-0.39, 0.29) is 30.3 Å². The Morgan fingerprint density at radius 3 is 2.17 bits per heavy atom. The molecule has 2 rings (SSSR count). The number of carbonyl (C=O) groups excluding carboxylic acids is 5. The molecule has 324 valence electrons. The number of rotatable bonds is 29. The molecule has 1 amide bonds. The molecule has 1 aromatic heterocycles. The molecular formula is C43H57NO15. The van der Waals surface area contributed by atoms with Gasteiger partial charge in [-0.25, -0.2) is 19.2 Å². The Morgan fingerprint density at radius 1 is 0.915 bits per heavy atom. The third kappa shape index (κ3) is 18.6. The number of carboxylic acid groups (broad SMARTS) is 1. The SMILES string of the molecule is CC#CCOc1ccc(C[C@H](NC(=O)[C@@H](/C=C/CCCCCCC(=O)CCCCCCC)[C@](O)(CC(=O)OCc2oc(=O)oc2C)C(=O)O)C(=O)OCC(=O)OC)cc1. The van der Waals surface area contributed by atoms with E-state index in [2.05, 4.69) is 28.8 Å². The second-order valence-electron chi connectivity index (χ2n) is 13.9. The second-order valence-corrected chi connectivity index (χ2v) is 13.9. The highest BCUT2D eigenvalue weighted by atomic mass is 16.6. The van der Waals surface area contributed by atoms with Gasteiger partial charge >= 0.3 is 29.7 Å². The van der Waals surface area contributed by atoms with Crippen LogP contribution in [0, 0.1) is 24.7 Å². The van der Waals surface area contributed by atoms with Gasteiger partial charge in [0.2, 0.25) is 5.91 Å². The second kappa shape index (κ2) is 27.1. The first kappa shape index (κ1) is 49.5. The fourth-order valence-electron chi connectivity index (χ4n) is 5.82. The van der Waals surface area contributed by atoms with Crippen molar-refractivity contribution in [3.63, 3.8) is 0 Å². The number of allylic oxidation sites excluding steroid dienone is 1. The summed E-state index contributed by atoms with van der Waals surface area (Å²) in [6.45, 7) is 3.90. The average Bonchev–Trinajstić information content (AvgIpc) is 3.54. The number of unbranched alkanes of at least 4 members (excludes halogenated alkanes) is 8. The van der Waals surface area contributed by atoms with Gasteiger partial charge in [-0.05, 0) is 57.2 Å². The van der Waals surface area contributed by atoms with Gasteiger partial charge in [0, 0.05) is 19.3 Å². The zero-order valence-electron chi connectivity index (χ0n) is 34.3. The number of benzene rings is 1. The maximum Gasteiger partial charge on any atom is 0.519 e. The molecule has 3 N–H and O–H groups in total. The molecule has 1 aromatic carbocycles. The van der Waals surface area contributed by atoms with Crippen molar-refractivity contribution in [1.82, 2.24) is 5.32 Å². The Labute approximate surface area is 344 Å². The van der Waals surface area contributed by atoms with Crippen molar-refractivity contribution in [3.8, 4) is 17.6 Å². The van der Waals surface area contributed by atoms with Crippen molar-refractivity contribution >= 4 is 35.6 Å². The van der Waals surface area contributed by atoms with Gasteiger partial charge in [0.05, 0.1) is 19.4 Å². The number of hydrogen-bond acceptors (Lipinski definition) is 14. The highest BCUT2D eigenvalue weighted by Gasteiger charge is 2.49. The van der Waals surface area contributed by atoms with Gasteiger partial charge in [0.25, 0.3) is 0 Å². The number of ether oxygens (including phenoxy) is 4. The van der Waals surface area contributed by atoms with Crippen LogP contribution in [0.5, 0.6) is 5.75 Å². The number of ketones is 1. The molecule has 2 aromatic rings. The van der Waals surface area contributed by atoms with Gasteiger partial charge < -0.3 is 43.3 Å². The van der Waals surface area contributed by atoms with Crippen LogP contribution in [-0.2, 0) is 56.0 Å². The largest absolute Gasteiger partial charge is 0.519 e. The number of esters is 3. The first-order valence-electron chi connectivity index (χ1n) is 19.8. The Bertz CT molecular complexity index is 1810. The summed E-state index contributed by atoms with van der Waals surface area (Å²) in [7, 11) is 1.09. The highest BCUT2D eigenvalue weighted by Crippen LogP contribution is 2.27. The molecular weight excluding hydrogens is 770 g/mol. The molecule has 0 spiro atoms. The number of hydrogen-bond donors (Lipinski definition) is 3. The quantitative estimate of drug-likeness (QED) is 0.0319. The Kier molecular flexibility index (Phi) is 22.7. The summed E-state index contributed by atoms with van der Waals surface area (Å²) in [5, 5.41) is 24.3. The van der Waals surface area contributed by atoms with E-state index in [4.69, 9.17) is 23.0 Å². The van der Waals surface area contributed by atoms with Crippen LogP contribution in [0.2, 0.25) is 0 Å². The minimum absolute atomic E-state index is 0.0129. The Balaban J connectivity index is 2.28. The summed E-state index contributed by atoms with van der Waals surface area (Å²) < 4.78 is 29.7. The van der Waals surface area contributed by atoms with E-state index in [1.54, 1.807) is 31.2 Å². The first-order valence-corrected chi connectivity index (χ1v) is 19.8. The standard InChI is InChI=1S/C43H57NO15/c1-5-7-9-12-15-18-32(45)19-16-13-10-11-14-17-20-34(43(53,41(50)51)27-37(46)56-28-36-30(3)58-42(52)59-36)39(48)44-35(40(49)57-29-38(47)54-4)26-31-21-23-33(24-22-31)55-25-8-6-2/h17,20-24,34-35,53H,5,7,9-16,18-19,25-29H2,1-4H3,(H,44,48)(H,50,51)/b20-17+/t34-,35+,43-/m1/s1. The lowest BCUT2D eigenvalue weighted by Gasteiger charge is -2.30. The summed E-state index contributed by atoms with van der Waals surface area (Å²) in [5.41, 5.74) is -2.61. The lowest BCUT2D eigenvalue weighted by molar-refractivity contribution is -0.174. The Morgan fingerprint density at radius 2 is 1.58 bits per heavy atom. The van der Waals surface area contributed by atoms with Crippen LogP contribution in [0.3, 0.4) is 0 Å². The molecule has 0 fully saturated rings. The van der Waals surface area contributed by atoms with Crippen molar-refractivity contribution < 1.29 is 66.8 Å². The topological polar surface area (TPSA) is 235 Å². The van der Waals surface area contributed by atoms with Gasteiger partial charge in [0.1, 0.15) is 24.2 Å². The lowest BCUT2D eigenvalue weighted by Crippen LogP contribution is -2.55. The summed E-state index contributed by atoms with van der Waals surface area (Å²) in [4.78, 5) is 88.4. The van der Waals surface area contributed by atoms with Crippen molar-refractivity contribution in [2.45, 2.75) is 129 Å². The predicted molar refractivity (Wildman–Crippen MR) is 212 cm³/mol. The van der Waals surface area contributed by atoms with Crippen LogP contribution < -0.4 is 15.9 Å². The van der Waals surface area contributed by atoms with Gasteiger partial charge in [-0.3, -0.25) is 14.4 Å². The first-order chi connectivity index (χ1) is 28.2. The van der Waals surface area contributed by atoms with Crippen LogP contribution in [0.1, 0.15) is 114 Å². The summed E-state index contributed by atoms with van der Waals surface area (Å²) >= 11 is 0. The third-order valence-corrected chi connectivity index (χ3v) is 9.26. The summed E-state index contributed by atoms with van der Waals surface area (Å²) in [5.74, 6) is -3.30. The predicted octanol–water partition coefficient (Wildman–Crippen LogP) is 5.08. The maximum atomic E-state index is 14.0. The molecule has 3 atom stereocenters. The fraction of sp³-hybridized carbons (Fsp3) is 0.558. The smallest absolute Gasteiger partial charge is 0.481 e. The van der Waals surface area contributed by atoms with E-state index in [0.717, 1.165) is 58.1 Å². The third-order valence-electron chi connectivity index (χ3n) is 9.26. The van der Waals surface area contributed by atoms with E-state index in [1.165, 1.54) is 19.4 Å². The molecule has 0 aliphatic heterocycles. The van der Waals surface area contributed by atoms with Crippen LogP contribution in [-0.4, -0.2) is 77.7 Å². The molecule has 0 unspecified atom stereocenters. The van der Waals surface area contributed by atoms with Gasteiger partial charge in [-0.15, -0.1) is 5.92 Å². The molecule has 0 aliphatic rings. The molecule has 16 nitrogen and oxygen atoms in total. The van der Waals surface area contributed by atoms with E-state index in [0.29, 0.717) is 37.0 Å². The number of nitrogens with one attached hydrogen (secondary N) is 1. The lowest BCUT2D eigenvalue weighted by atomic mass is 9.82. The number of carbonyl (C=O) groups is 6. The molecule has 0 saturated carbocycles. The number of aliphatic carboxylic acids is 1. The summed E-state index contributed by atoms with van der Waals surface area (Å²) in [6.07, 6.45) is 10.8. The Hall–Kier alpha value is -5.69. The molecule has 1 heterocycles. The summed E-state index contributed by atoms with van der Waals surface area (Å²) in [6, 6.07) is 4.91. The van der Waals surface area contributed by atoms with E-state index in [9.17, 15) is 43.8 Å². The van der Waals surface area contributed by atoms with E-state index >= 15 is 0 Å². The van der Waals surface area contributed by atoms with Crippen molar-refractivity contribution in [1.29, 1.82) is 0 Å². The highest BCUT2D eigenvalue weighted by molar-refractivity contribution is 5.95. The van der Waals surface area contributed by atoms with Crippen molar-refractivity contribution in [2.24, 2.45) is 5.92 Å². The molecule has 0 radical (unpaired) electrons. The minimum atomic E-state index is -3.11. The zero-order valence-corrected chi connectivity index (χ0v) is 34.3. The van der Waals surface area contributed by atoms with Crippen molar-refractivity contribution in [2.75, 3.05) is 20.3 Å². The van der Waals surface area contributed by atoms with E-state index in [1.807, 2.05) is 0 Å². The number of amides is 1. The van der Waals surface area contributed by atoms with Crippen LogP contribution in [0.15, 0.2) is 50.0 Å². The van der Waals surface area contributed by atoms with Gasteiger partial charge in [0.15, 0.2) is 30.3 Å². The maximum absolute atomic E-state index is 14.0. The van der Waals surface area contributed by atoms with Gasteiger partial charge in [-0.2, -0.15) is 0 Å². The molecule has 0 aliphatic carbocycles. The molecule has 0 bridgehead atoms. The molecule has 0 saturated heterocycles. The zero-order chi connectivity index (χ0) is 43.6. The minimum Gasteiger partial charge on any atom is -0.481 e. The number of Topliss-reactive ketones (excluding diaryl/α,β-unsaturated/α-hetero) is 1. The van der Waals surface area contributed by atoms with Crippen LogP contribution in [0.25, 0.3) is 0 Å². The van der Waals surface area contributed by atoms with E-state index < -0.39 is 72.8 Å². The monoisotopic (exact) mass is 827 g/mol. The normalized spacial score (nSPS) is 13.0. The molecule has 59 heavy (non-hydrogen) atoms. The van der Waals surface area contributed by atoms with Crippen LogP contribution >= 0.6 is 0 Å². The fourth-order valence-corrected chi connectivity index (χ4v) is 5.82. The number of aliphatic hydroxyl groups is 1.